The highest BCUT2D eigenvalue weighted by Gasteiger charge is 2.12. The van der Waals surface area contributed by atoms with Crippen molar-refractivity contribution in [1.82, 2.24) is 14.9 Å². The summed E-state index contributed by atoms with van der Waals surface area (Å²) >= 11 is 0. The molecule has 20 heavy (non-hydrogen) atoms. The van der Waals surface area contributed by atoms with Gasteiger partial charge in [-0.25, -0.2) is 4.98 Å². The number of nitrogens with zero attached hydrogens (tertiary/aromatic N) is 2. The Morgan fingerprint density at radius 2 is 2.10 bits per heavy atom. The quantitative estimate of drug-likeness (QED) is 0.861. The van der Waals surface area contributed by atoms with E-state index in [1.54, 1.807) is 0 Å². The van der Waals surface area contributed by atoms with Gasteiger partial charge in [-0.3, -0.25) is 4.57 Å². The van der Waals surface area contributed by atoms with Crippen LogP contribution >= 0.6 is 0 Å². The molecule has 1 N–H and O–H groups in total. The standard InChI is InChI=1S/C17H21N3/c1-14-18-12-17(13-19-15-8-4-2-5-9-15)20(14)16-10-6-3-7-11-16/h2-4,6-7,10-12,15,19H,5,8-9,13H2,1H3. The van der Waals surface area contributed by atoms with Crippen LogP contribution in [0, 0.1) is 6.92 Å². The predicted molar refractivity (Wildman–Crippen MR) is 81.9 cm³/mol. The summed E-state index contributed by atoms with van der Waals surface area (Å²) in [5, 5.41) is 3.65. The largest absolute Gasteiger partial charge is 0.308 e. The van der Waals surface area contributed by atoms with Gasteiger partial charge in [-0.2, -0.15) is 0 Å². The summed E-state index contributed by atoms with van der Waals surface area (Å²) in [5.74, 6) is 1.04. The van der Waals surface area contributed by atoms with E-state index in [0.29, 0.717) is 6.04 Å². The average Bonchev–Trinajstić information content (AvgIpc) is 2.88. The Kier molecular flexibility index (Phi) is 3.97. The van der Waals surface area contributed by atoms with Gasteiger partial charge in [-0.05, 0) is 38.3 Å². The predicted octanol–water partition coefficient (Wildman–Crippen LogP) is 3.38. The number of aryl methyl sites for hydroxylation is 1. The summed E-state index contributed by atoms with van der Waals surface area (Å²) < 4.78 is 2.23. The first-order valence-electron chi connectivity index (χ1n) is 7.31. The first kappa shape index (κ1) is 13.1. The lowest BCUT2D eigenvalue weighted by atomic mass is 10.0. The number of imidazole rings is 1. The number of hydrogen-bond acceptors (Lipinski definition) is 2. The van der Waals surface area contributed by atoms with Gasteiger partial charge < -0.3 is 5.32 Å². The fourth-order valence-electron chi connectivity index (χ4n) is 2.77. The highest BCUT2D eigenvalue weighted by molar-refractivity contribution is 5.35. The van der Waals surface area contributed by atoms with Crippen LogP contribution in [0.15, 0.2) is 48.7 Å². The molecule has 0 amide bonds. The van der Waals surface area contributed by atoms with E-state index in [1.807, 2.05) is 12.3 Å². The van der Waals surface area contributed by atoms with Gasteiger partial charge >= 0.3 is 0 Å². The minimum absolute atomic E-state index is 0.597. The number of rotatable bonds is 4. The minimum atomic E-state index is 0.597. The maximum absolute atomic E-state index is 4.47. The van der Waals surface area contributed by atoms with Crippen molar-refractivity contribution in [3.63, 3.8) is 0 Å². The molecule has 0 fully saturated rings. The molecule has 1 heterocycles. The molecular weight excluding hydrogens is 246 g/mol. The zero-order valence-corrected chi connectivity index (χ0v) is 11.9. The summed E-state index contributed by atoms with van der Waals surface area (Å²) in [4.78, 5) is 4.47. The van der Waals surface area contributed by atoms with Crippen molar-refractivity contribution in [2.75, 3.05) is 0 Å². The van der Waals surface area contributed by atoms with Crippen LogP contribution in [-0.2, 0) is 6.54 Å². The molecule has 1 unspecified atom stereocenters. The average molecular weight is 267 g/mol. The van der Waals surface area contributed by atoms with E-state index in [1.165, 1.54) is 24.2 Å². The second-order valence-corrected chi connectivity index (χ2v) is 5.33. The molecule has 0 radical (unpaired) electrons. The lowest BCUT2D eigenvalue weighted by Gasteiger charge is -2.20. The Labute approximate surface area is 120 Å². The molecular formula is C17H21N3. The molecule has 3 rings (SSSR count). The van der Waals surface area contributed by atoms with E-state index >= 15 is 0 Å². The summed E-state index contributed by atoms with van der Waals surface area (Å²) in [6, 6.07) is 11.0. The van der Waals surface area contributed by atoms with Crippen LogP contribution in [-0.4, -0.2) is 15.6 Å². The van der Waals surface area contributed by atoms with Crippen molar-refractivity contribution in [1.29, 1.82) is 0 Å². The molecule has 0 aliphatic heterocycles. The van der Waals surface area contributed by atoms with Gasteiger partial charge in [0.1, 0.15) is 5.82 Å². The third-order valence-electron chi connectivity index (χ3n) is 3.87. The maximum Gasteiger partial charge on any atom is 0.110 e. The molecule has 0 spiro atoms. The van der Waals surface area contributed by atoms with E-state index in [4.69, 9.17) is 0 Å². The van der Waals surface area contributed by atoms with Gasteiger partial charge in [-0.1, -0.05) is 30.4 Å². The van der Waals surface area contributed by atoms with Crippen LogP contribution < -0.4 is 5.32 Å². The highest BCUT2D eigenvalue weighted by Crippen LogP contribution is 2.16. The van der Waals surface area contributed by atoms with E-state index in [0.717, 1.165) is 18.8 Å². The number of allylic oxidation sites excluding steroid dienone is 1. The molecule has 104 valence electrons. The lowest BCUT2D eigenvalue weighted by Crippen LogP contribution is -2.30. The fraction of sp³-hybridized carbons (Fsp3) is 0.353. The smallest absolute Gasteiger partial charge is 0.110 e. The highest BCUT2D eigenvalue weighted by atomic mass is 15.1. The van der Waals surface area contributed by atoms with E-state index in [9.17, 15) is 0 Å². The van der Waals surface area contributed by atoms with Gasteiger partial charge in [-0.15, -0.1) is 0 Å². The fourth-order valence-corrected chi connectivity index (χ4v) is 2.77. The number of aromatic nitrogens is 2. The first-order chi connectivity index (χ1) is 9.84. The molecule has 1 aromatic carbocycles. The second-order valence-electron chi connectivity index (χ2n) is 5.33. The van der Waals surface area contributed by atoms with Gasteiger partial charge in [0.15, 0.2) is 0 Å². The Morgan fingerprint density at radius 3 is 2.85 bits per heavy atom. The van der Waals surface area contributed by atoms with Crippen LogP contribution in [0.2, 0.25) is 0 Å². The Hall–Kier alpha value is -1.87. The molecule has 0 saturated heterocycles. The molecule has 1 aromatic heterocycles. The number of benzene rings is 1. The number of para-hydroxylation sites is 1. The summed E-state index contributed by atoms with van der Waals surface area (Å²) in [6.07, 6.45) is 10.1. The maximum atomic E-state index is 4.47. The van der Waals surface area contributed by atoms with Gasteiger partial charge in [0, 0.05) is 18.3 Å². The summed E-state index contributed by atoms with van der Waals surface area (Å²) in [6.45, 7) is 2.92. The Morgan fingerprint density at radius 1 is 1.25 bits per heavy atom. The van der Waals surface area contributed by atoms with Crippen molar-refractivity contribution < 1.29 is 0 Å². The number of nitrogens with one attached hydrogen (secondary N) is 1. The second kappa shape index (κ2) is 6.06. The molecule has 1 aliphatic rings. The van der Waals surface area contributed by atoms with Gasteiger partial charge in [0.25, 0.3) is 0 Å². The van der Waals surface area contributed by atoms with Gasteiger partial charge in [0.05, 0.1) is 11.9 Å². The zero-order valence-electron chi connectivity index (χ0n) is 11.9. The summed E-state index contributed by atoms with van der Waals surface area (Å²) in [5.41, 5.74) is 2.41. The topological polar surface area (TPSA) is 29.9 Å². The van der Waals surface area contributed by atoms with Crippen LogP contribution in [0.3, 0.4) is 0 Å². The van der Waals surface area contributed by atoms with Crippen molar-refractivity contribution in [3.05, 3.63) is 60.2 Å². The zero-order chi connectivity index (χ0) is 13.8. The molecule has 0 bridgehead atoms. The SMILES string of the molecule is Cc1ncc(CNC2CC=CCC2)n1-c1ccccc1. The number of hydrogen-bond donors (Lipinski definition) is 1. The van der Waals surface area contributed by atoms with Gasteiger partial charge in [0.2, 0.25) is 0 Å². The lowest BCUT2D eigenvalue weighted by molar-refractivity contribution is 0.469. The van der Waals surface area contributed by atoms with Crippen LogP contribution in [0.1, 0.15) is 30.8 Å². The third-order valence-corrected chi connectivity index (χ3v) is 3.87. The molecule has 3 heteroatoms. The normalized spacial score (nSPS) is 18.4. The molecule has 0 saturated carbocycles. The van der Waals surface area contributed by atoms with Crippen molar-refractivity contribution in [2.45, 2.75) is 38.8 Å². The molecule has 1 atom stereocenters. The monoisotopic (exact) mass is 267 g/mol. The Balaban J connectivity index is 1.75. The van der Waals surface area contributed by atoms with Crippen molar-refractivity contribution in [2.24, 2.45) is 0 Å². The van der Waals surface area contributed by atoms with Crippen LogP contribution in [0.25, 0.3) is 5.69 Å². The molecule has 2 aromatic rings. The molecule has 1 aliphatic carbocycles. The van der Waals surface area contributed by atoms with E-state index < -0.39 is 0 Å². The van der Waals surface area contributed by atoms with E-state index in [-0.39, 0.29) is 0 Å². The van der Waals surface area contributed by atoms with Crippen LogP contribution in [0.5, 0.6) is 0 Å². The molecule has 3 nitrogen and oxygen atoms in total. The van der Waals surface area contributed by atoms with E-state index in [2.05, 4.69) is 58.2 Å². The third kappa shape index (κ3) is 2.83. The van der Waals surface area contributed by atoms with Crippen molar-refractivity contribution >= 4 is 0 Å². The minimum Gasteiger partial charge on any atom is -0.308 e. The first-order valence-corrected chi connectivity index (χ1v) is 7.31. The summed E-state index contributed by atoms with van der Waals surface area (Å²) in [7, 11) is 0. The van der Waals surface area contributed by atoms with Crippen LogP contribution in [0.4, 0.5) is 0 Å². The Bertz CT molecular complexity index is 584. The van der Waals surface area contributed by atoms with Crippen molar-refractivity contribution in [3.8, 4) is 5.69 Å².